The Balaban J connectivity index is 1.56. The van der Waals surface area contributed by atoms with Crippen LogP contribution in [0.1, 0.15) is 34.8 Å². The molecule has 0 bridgehead atoms. The van der Waals surface area contributed by atoms with Gasteiger partial charge in [0.25, 0.3) is 5.91 Å². The van der Waals surface area contributed by atoms with Crippen LogP contribution in [0.4, 0.5) is 0 Å². The van der Waals surface area contributed by atoms with E-state index >= 15 is 0 Å². The second-order valence-corrected chi connectivity index (χ2v) is 9.41. The summed E-state index contributed by atoms with van der Waals surface area (Å²) in [6.45, 7) is 3.22. The lowest BCUT2D eigenvalue weighted by atomic mass is 10.0. The third kappa shape index (κ3) is 4.24. The lowest BCUT2D eigenvalue weighted by Crippen LogP contribution is -2.34. The number of hydrogen-bond acceptors (Lipinski definition) is 7. The van der Waals surface area contributed by atoms with Crippen LogP contribution in [0.2, 0.25) is 0 Å². The van der Waals surface area contributed by atoms with Crippen molar-refractivity contribution in [3.63, 3.8) is 0 Å². The lowest BCUT2D eigenvalue weighted by Gasteiger charge is -2.27. The Labute approximate surface area is 200 Å². The minimum absolute atomic E-state index is 0.0766. The summed E-state index contributed by atoms with van der Waals surface area (Å²) in [5.41, 5.74) is 1.76. The third-order valence-corrected chi connectivity index (χ3v) is 7.31. The molecule has 1 aliphatic rings. The SMILES string of the molecule is COc1ccc(-c2ccc(=O)n(C)c2)c2sc(C(=O)N(CCC3CO3)C(C)c3cnco3)cc12. The van der Waals surface area contributed by atoms with Crippen LogP contribution in [0, 0.1) is 0 Å². The highest BCUT2D eigenvalue weighted by Gasteiger charge is 2.30. The Kier molecular flexibility index (Phi) is 5.97. The van der Waals surface area contributed by atoms with E-state index in [9.17, 15) is 9.59 Å². The predicted octanol–water partition coefficient (Wildman–Crippen LogP) is 4.26. The number of aromatic nitrogens is 2. The molecular formula is C25H25N3O5S. The second kappa shape index (κ2) is 9.08. The molecule has 1 fully saturated rings. The van der Waals surface area contributed by atoms with Crippen molar-refractivity contribution in [3.05, 3.63) is 70.1 Å². The van der Waals surface area contributed by atoms with E-state index in [1.165, 1.54) is 17.7 Å². The molecule has 1 aliphatic heterocycles. The van der Waals surface area contributed by atoms with E-state index in [0.29, 0.717) is 22.9 Å². The summed E-state index contributed by atoms with van der Waals surface area (Å²) in [4.78, 5) is 32.1. The average molecular weight is 480 g/mol. The number of rotatable bonds is 8. The highest BCUT2D eigenvalue weighted by atomic mass is 32.1. The van der Waals surface area contributed by atoms with Crippen LogP contribution >= 0.6 is 11.3 Å². The number of benzene rings is 1. The molecule has 8 nitrogen and oxygen atoms in total. The van der Waals surface area contributed by atoms with Crippen LogP contribution in [-0.2, 0) is 11.8 Å². The van der Waals surface area contributed by atoms with Crippen LogP contribution in [0.3, 0.4) is 0 Å². The van der Waals surface area contributed by atoms with E-state index in [4.69, 9.17) is 13.9 Å². The molecule has 1 saturated heterocycles. The van der Waals surface area contributed by atoms with Crippen molar-refractivity contribution in [2.75, 3.05) is 20.3 Å². The number of carbonyl (C=O) groups is 1. The Bertz CT molecular complexity index is 1390. The molecule has 0 radical (unpaired) electrons. The monoisotopic (exact) mass is 479 g/mol. The summed E-state index contributed by atoms with van der Waals surface area (Å²) in [7, 11) is 3.34. The Morgan fingerprint density at radius 3 is 2.85 bits per heavy atom. The fourth-order valence-corrected chi connectivity index (χ4v) is 5.25. The van der Waals surface area contributed by atoms with Gasteiger partial charge in [0.2, 0.25) is 5.56 Å². The second-order valence-electron chi connectivity index (χ2n) is 8.36. The van der Waals surface area contributed by atoms with Crippen LogP contribution < -0.4 is 10.3 Å². The minimum atomic E-state index is -0.274. The Hall–Kier alpha value is -3.43. The van der Waals surface area contributed by atoms with Gasteiger partial charge in [0.1, 0.15) is 11.5 Å². The van der Waals surface area contributed by atoms with Crippen LogP contribution in [0.25, 0.3) is 21.2 Å². The zero-order valence-corrected chi connectivity index (χ0v) is 20.0. The minimum Gasteiger partial charge on any atom is -0.496 e. The van der Waals surface area contributed by atoms with E-state index < -0.39 is 0 Å². The van der Waals surface area contributed by atoms with Crippen molar-refractivity contribution < 1.29 is 18.7 Å². The van der Waals surface area contributed by atoms with Gasteiger partial charge in [-0.25, -0.2) is 4.98 Å². The highest BCUT2D eigenvalue weighted by molar-refractivity contribution is 7.21. The first-order valence-electron chi connectivity index (χ1n) is 11.0. The van der Waals surface area contributed by atoms with Crippen LogP contribution in [0.5, 0.6) is 5.75 Å². The zero-order valence-electron chi connectivity index (χ0n) is 19.2. The summed E-state index contributed by atoms with van der Waals surface area (Å²) in [6, 6.07) is 8.82. The maximum atomic E-state index is 13.8. The van der Waals surface area contributed by atoms with Crippen LogP contribution in [0.15, 0.2) is 58.3 Å². The van der Waals surface area contributed by atoms with Gasteiger partial charge in [0.05, 0.1) is 36.9 Å². The van der Waals surface area contributed by atoms with Crippen molar-refractivity contribution >= 4 is 27.3 Å². The molecule has 0 N–H and O–H groups in total. The first-order valence-corrected chi connectivity index (χ1v) is 11.9. The number of amides is 1. The number of methoxy groups -OCH3 is 1. The molecule has 2 unspecified atom stereocenters. The quantitative estimate of drug-likeness (QED) is 0.351. The van der Waals surface area contributed by atoms with Gasteiger partial charge in [0, 0.05) is 41.5 Å². The van der Waals surface area contributed by atoms with Crippen molar-refractivity contribution in [1.29, 1.82) is 0 Å². The predicted molar refractivity (Wildman–Crippen MR) is 129 cm³/mol. The van der Waals surface area contributed by atoms with Gasteiger partial charge in [-0.05, 0) is 43.2 Å². The molecule has 0 aliphatic carbocycles. The zero-order chi connectivity index (χ0) is 23.8. The first-order chi connectivity index (χ1) is 16.5. The van der Waals surface area contributed by atoms with Gasteiger partial charge in [-0.2, -0.15) is 0 Å². The number of nitrogens with zero attached hydrogens (tertiary/aromatic N) is 3. The number of oxazole rings is 1. The molecule has 3 aromatic heterocycles. The van der Waals surface area contributed by atoms with Gasteiger partial charge in [-0.15, -0.1) is 11.3 Å². The molecule has 34 heavy (non-hydrogen) atoms. The molecule has 5 rings (SSSR count). The number of thiophene rings is 1. The molecule has 0 spiro atoms. The van der Waals surface area contributed by atoms with E-state index in [0.717, 1.165) is 34.2 Å². The summed E-state index contributed by atoms with van der Waals surface area (Å²) < 4.78 is 18.9. The molecule has 0 saturated carbocycles. The largest absolute Gasteiger partial charge is 0.496 e. The fourth-order valence-electron chi connectivity index (χ4n) is 4.08. The van der Waals surface area contributed by atoms with Gasteiger partial charge >= 0.3 is 0 Å². The number of epoxide rings is 1. The lowest BCUT2D eigenvalue weighted by molar-refractivity contribution is 0.0668. The molecule has 1 amide bonds. The number of carbonyl (C=O) groups excluding carboxylic acids is 1. The summed E-state index contributed by atoms with van der Waals surface area (Å²) >= 11 is 1.42. The van der Waals surface area contributed by atoms with Gasteiger partial charge in [0.15, 0.2) is 6.39 Å². The van der Waals surface area contributed by atoms with Crippen LogP contribution in [-0.4, -0.2) is 46.7 Å². The van der Waals surface area contributed by atoms with E-state index in [-0.39, 0.29) is 23.6 Å². The molecule has 176 valence electrons. The topological polar surface area (TPSA) is 90.1 Å². The summed E-state index contributed by atoms with van der Waals surface area (Å²) in [6.07, 6.45) is 5.79. The van der Waals surface area contributed by atoms with E-state index in [1.807, 2.05) is 30.0 Å². The third-order valence-electron chi connectivity index (χ3n) is 6.16. The molecule has 4 heterocycles. The van der Waals surface area contributed by atoms with Crippen molar-refractivity contribution in [2.24, 2.45) is 7.05 Å². The molecule has 1 aromatic carbocycles. The molecule has 9 heteroatoms. The normalized spacial score (nSPS) is 15.9. The van der Waals surface area contributed by atoms with Gasteiger partial charge in [-0.3, -0.25) is 9.59 Å². The summed E-state index contributed by atoms with van der Waals surface area (Å²) in [5, 5.41) is 0.861. The molecular weight excluding hydrogens is 454 g/mol. The Morgan fingerprint density at radius 1 is 1.35 bits per heavy atom. The van der Waals surface area contributed by atoms with Gasteiger partial charge in [-0.1, -0.05) is 0 Å². The molecule has 4 aromatic rings. The number of hydrogen-bond donors (Lipinski definition) is 0. The van der Waals surface area contributed by atoms with Crippen molar-refractivity contribution in [2.45, 2.75) is 25.5 Å². The fraction of sp³-hybridized carbons (Fsp3) is 0.320. The van der Waals surface area contributed by atoms with E-state index in [2.05, 4.69) is 4.98 Å². The van der Waals surface area contributed by atoms with E-state index in [1.54, 1.807) is 43.3 Å². The van der Waals surface area contributed by atoms with Gasteiger partial charge < -0.3 is 23.4 Å². The number of ether oxygens (including phenoxy) is 2. The molecule has 2 atom stereocenters. The number of aryl methyl sites for hydroxylation is 1. The first kappa shape index (κ1) is 22.4. The Morgan fingerprint density at radius 2 is 2.18 bits per heavy atom. The maximum Gasteiger partial charge on any atom is 0.264 e. The number of fused-ring (bicyclic) bond motifs is 1. The average Bonchev–Trinajstić information content (AvgIpc) is 3.31. The van der Waals surface area contributed by atoms with Crippen molar-refractivity contribution in [1.82, 2.24) is 14.5 Å². The maximum absolute atomic E-state index is 13.8. The van der Waals surface area contributed by atoms with Crippen molar-refractivity contribution in [3.8, 4) is 16.9 Å². The smallest absolute Gasteiger partial charge is 0.264 e. The highest BCUT2D eigenvalue weighted by Crippen LogP contribution is 2.40. The number of pyridine rings is 1. The summed E-state index contributed by atoms with van der Waals surface area (Å²) in [5.74, 6) is 1.24. The standard InChI is InChI=1S/C25H25N3O5S/c1-15(21-11-26-14-33-21)28(9-8-17-13-32-17)25(30)22-10-19-20(31-3)6-5-18(24(19)34-22)16-4-7-23(29)27(2)12-16/h4-7,10-12,14-15,17H,8-9,13H2,1-3H3.